The molecule has 1 aliphatic rings. The number of nitrogens with one attached hydrogen (secondary N) is 1. The molecule has 0 saturated carbocycles. The third kappa shape index (κ3) is 3.00. The van der Waals surface area contributed by atoms with Crippen LogP contribution in [-0.2, 0) is 11.2 Å². The Morgan fingerprint density at radius 1 is 1.36 bits per heavy atom. The first-order chi connectivity index (χ1) is 12.1. The summed E-state index contributed by atoms with van der Waals surface area (Å²) in [5.41, 5.74) is 2.33. The minimum absolute atomic E-state index is 0.0874. The Hall–Kier alpha value is -2.73. The second-order valence-electron chi connectivity index (χ2n) is 6.40. The third-order valence-electron chi connectivity index (χ3n) is 4.71. The van der Waals surface area contributed by atoms with Gasteiger partial charge in [-0.25, -0.2) is 9.37 Å². The number of aromatic nitrogens is 2. The van der Waals surface area contributed by atoms with Crippen LogP contribution < -0.4 is 0 Å². The predicted octanol–water partition coefficient (Wildman–Crippen LogP) is 2.58. The van der Waals surface area contributed by atoms with Crippen molar-refractivity contribution in [1.29, 1.82) is 0 Å². The van der Waals surface area contributed by atoms with E-state index >= 15 is 0 Å². The van der Waals surface area contributed by atoms with Gasteiger partial charge in [0.15, 0.2) is 0 Å². The molecule has 0 aliphatic carbocycles. The molecule has 128 valence electrons. The van der Waals surface area contributed by atoms with E-state index in [-0.39, 0.29) is 30.7 Å². The molecular formula is C19H18FN3O2. The van der Waals surface area contributed by atoms with Gasteiger partial charge in [-0.15, -0.1) is 0 Å². The third-order valence-corrected chi connectivity index (χ3v) is 4.71. The monoisotopic (exact) mass is 339 g/mol. The van der Waals surface area contributed by atoms with Crippen LogP contribution in [0.5, 0.6) is 0 Å². The molecule has 2 aromatic heterocycles. The molecule has 1 fully saturated rings. The molecule has 25 heavy (non-hydrogen) atoms. The lowest BCUT2D eigenvalue weighted by Crippen LogP contribution is -2.33. The number of hydrogen-bond acceptors (Lipinski definition) is 3. The van der Waals surface area contributed by atoms with Crippen LogP contribution in [0.3, 0.4) is 0 Å². The number of halogens is 1. The number of H-pyrrole nitrogens is 1. The Kier molecular flexibility index (Phi) is 3.97. The molecule has 6 heteroatoms. The largest absolute Gasteiger partial charge is 0.391 e. The molecule has 0 bridgehead atoms. The van der Waals surface area contributed by atoms with Gasteiger partial charge in [-0.05, 0) is 41.8 Å². The topological polar surface area (TPSA) is 69.2 Å². The van der Waals surface area contributed by atoms with Crippen LogP contribution >= 0.6 is 0 Å². The second kappa shape index (κ2) is 6.29. The Labute approximate surface area is 144 Å². The van der Waals surface area contributed by atoms with Crippen LogP contribution in [0.1, 0.15) is 23.6 Å². The van der Waals surface area contributed by atoms with Crippen molar-refractivity contribution in [3.05, 3.63) is 65.7 Å². The van der Waals surface area contributed by atoms with Gasteiger partial charge in [0, 0.05) is 24.3 Å². The zero-order valence-corrected chi connectivity index (χ0v) is 13.5. The molecule has 4 rings (SSSR count). The summed E-state index contributed by atoms with van der Waals surface area (Å²) in [7, 11) is 0. The lowest BCUT2D eigenvalue weighted by atomic mass is 10.0. The van der Waals surface area contributed by atoms with E-state index in [4.69, 9.17) is 0 Å². The van der Waals surface area contributed by atoms with Gasteiger partial charge in [0.25, 0.3) is 0 Å². The first-order valence-corrected chi connectivity index (χ1v) is 8.26. The van der Waals surface area contributed by atoms with E-state index in [1.165, 1.54) is 12.1 Å². The number of amides is 1. The Morgan fingerprint density at radius 2 is 2.24 bits per heavy atom. The molecule has 2 atom stereocenters. The number of carbonyl (C=O) groups excluding carboxylic acids is 1. The van der Waals surface area contributed by atoms with E-state index in [1.54, 1.807) is 29.4 Å². The number of benzene rings is 1. The van der Waals surface area contributed by atoms with E-state index in [2.05, 4.69) is 9.97 Å². The fourth-order valence-corrected chi connectivity index (χ4v) is 3.54. The highest BCUT2D eigenvalue weighted by molar-refractivity contribution is 5.87. The highest BCUT2D eigenvalue weighted by Gasteiger charge is 2.35. The normalized spacial score (nSPS) is 20.3. The molecule has 1 aromatic carbocycles. The quantitative estimate of drug-likeness (QED) is 0.771. The van der Waals surface area contributed by atoms with E-state index in [9.17, 15) is 14.3 Å². The minimum atomic E-state index is -0.596. The number of fused-ring (bicyclic) bond motifs is 1. The van der Waals surface area contributed by atoms with Crippen LogP contribution in [-0.4, -0.2) is 38.5 Å². The van der Waals surface area contributed by atoms with Gasteiger partial charge < -0.3 is 15.0 Å². The number of aliphatic hydroxyl groups is 1. The molecule has 5 nitrogen and oxygen atoms in total. The summed E-state index contributed by atoms with van der Waals surface area (Å²) < 4.78 is 13.5. The number of likely N-dealkylation sites (tertiary alicyclic amines) is 1. The summed E-state index contributed by atoms with van der Waals surface area (Å²) in [6, 6.07) is 9.68. The van der Waals surface area contributed by atoms with Crippen LogP contribution in [0.25, 0.3) is 11.0 Å². The van der Waals surface area contributed by atoms with Gasteiger partial charge >= 0.3 is 0 Å². The number of aliphatic hydroxyl groups excluding tert-OH is 1. The first-order valence-electron chi connectivity index (χ1n) is 8.26. The number of β-amino-alcohol motifs (C(OH)–C–C–N with tert-alkyl or cyclic N) is 1. The molecular weight excluding hydrogens is 321 g/mol. The highest BCUT2D eigenvalue weighted by atomic mass is 19.1. The van der Waals surface area contributed by atoms with Crippen molar-refractivity contribution >= 4 is 16.9 Å². The lowest BCUT2D eigenvalue weighted by molar-refractivity contribution is -0.131. The maximum Gasteiger partial charge on any atom is 0.227 e. The molecule has 1 saturated heterocycles. The van der Waals surface area contributed by atoms with Gasteiger partial charge in [-0.3, -0.25) is 4.79 Å². The summed E-state index contributed by atoms with van der Waals surface area (Å²) in [4.78, 5) is 21.8. The summed E-state index contributed by atoms with van der Waals surface area (Å²) in [6.45, 7) is 0.265. The van der Waals surface area contributed by atoms with Crippen LogP contribution in [0.4, 0.5) is 4.39 Å². The molecule has 0 spiro atoms. The lowest BCUT2D eigenvalue weighted by Gasteiger charge is -2.25. The zero-order chi connectivity index (χ0) is 17.4. The van der Waals surface area contributed by atoms with Crippen LogP contribution in [0.2, 0.25) is 0 Å². The average molecular weight is 339 g/mol. The summed E-state index contributed by atoms with van der Waals surface area (Å²) in [5.74, 6) is -0.426. The van der Waals surface area contributed by atoms with E-state index in [1.807, 2.05) is 12.1 Å². The number of carbonyl (C=O) groups is 1. The number of rotatable bonds is 3. The Balaban J connectivity index is 1.59. The zero-order valence-electron chi connectivity index (χ0n) is 13.5. The summed E-state index contributed by atoms with van der Waals surface area (Å²) in [6.07, 6.45) is 3.52. The standard InChI is InChI=1S/C19H18FN3O2/c20-14-4-1-3-12(7-14)17-9-15(24)11-23(17)18(25)8-13-10-22-19-16(13)5-2-6-21-19/h1-7,10,15,17,24H,8-9,11H2,(H,21,22)/t15-,17-/m1/s1. The summed E-state index contributed by atoms with van der Waals surface area (Å²) in [5, 5.41) is 11.0. The van der Waals surface area contributed by atoms with Crippen molar-refractivity contribution in [3.63, 3.8) is 0 Å². The van der Waals surface area contributed by atoms with Crippen LogP contribution in [0, 0.1) is 5.82 Å². The summed E-state index contributed by atoms with van der Waals surface area (Å²) >= 11 is 0. The number of hydrogen-bond donors (Lipinski definition) is 2. The average Bonchev–Trinajstić information content (AvgIpc) is 3.19. The van der Waals surface area contributed by atoms with Gasteiger partial charge in [0.05, 0.1) is 18.6 Å². The maximum atomic E-state index is 13.5. The van der Waals surface area contributed by atoms with Crippen molar-refractivity contribution in [2.45, 2.75) is 25.0 Å². The molecule has 3 aromatic rings. The van der Waals surface area contributed by atoms with E-state index < -0.39 is 6.10 Å². The van der Waals surface area contributed by atoms with E-state index in [0.717, 1.165) is 16.6 Å². The number of aromatic amines is 1. The van der Waals surface area contributed by atoms with Crippen molar-refractivity contribution in [2.24, 2.45) is 0 Å². The molecule has 0 unspecified atom stereocenters. The van der Waals surface area contributed by atoms with Crippen molar-refractivity contribution in [2.75, 3.05) is 6.54 Å². The molecule has 1 aliphatic heterocycles. The SMILES string of the molecule is O=C(Cc1c[nH]c2ncccc12)N1C[C@H](O)C[C@@H]1c1cccc(F)c1. The second-order valence-corrected chi connectivity index (χ2v) is 6.40. The van der Waals surface area contributed by atoms with Crippen molar-refractivity contribution in [1.82, 2.24) is 14.9 Å². The minimum Gasteiger partial charge on any atom is -0.391 e. The number of pyridine rings is 1. The molecule has 2 N–H and O–H groups in total. The van der Waals surface area contributed by atoms with Gasteiger partial charge in [-0.2, -0.15) is 0 Å². The van der Waals surface area contributed by atoms with Gasteiger partial charge in [0.2, 0.25) is 5.91 Å². The number of nitrogens with zero attached hydrogens (tertiary/aromatic N) is 2. The Morgan fingerprint density at radius 3 is 3.08 bits per heavy atom. The highest BCUT2D eigenvalue weighted by Crippen LogP contribution is 2.33. The predicted molar refractivity (Wildman–Crippen MR) is 91.3 cm³/mol. The molecule has 3 heterocycles. The smallest absolute Gasteiger partial charge is 0.227 e. The molecule has 1 amide bonds. The maximum absolute atomic E-state index is 13.5. The fourth-order valence-electron chi connectivity index (χ4n) is 3.54. The molecule has 0 radical (unpaired) electrons. The van der Waals surface area contributed by atoms with Gasteiger partial charge in [0.1, 0.15) is 11.5 Å². The van der Waals surface area contributed by atoms with Crippen molar-refractivity contribution < 1.29 is 14.3 Å². The van der Waals surface area contributed by atoms with Crippen molar-refractivity contribution in [3.8, 4) is 0 Å². The fraction of sp³-hybridized carbons (Fsp3) is 0.263. The first kappa shape index (κ1) is 15.8. The van der Waals surface area contributed by atoms with Gasteiger partial charge in [-0.1, -0.05) is 12.1 Å². The Bertz CT molecular complexity index is 924. The van der Waals surface area contributed by atoms with E-state index in [0.29, 0.717) is 12.0 Å². The van der Waals surface area contributed by atoms with Crippen LogP contribution in [0.15, 0.2) is 48.8 Å².